The van der Waals surface area contributed by atoms with Crippen LogP contribution < -0.4 is 11.1 Å². The number of hydrogen-bond acceptors (Lipinski definition) is 6. The molecule has 0 spiro atoms. The smallest absolute Gasteiger partial charge is 0.231 e. The number of aliphatic imine (C=N–C) groups is 1. The van der Waals surface area contributed by atoms with Gasteiger partial charge in [0.2, 0.25) is 11.8 Å². The molecule has 8 heteroatoms. The van der Waals surface area contributed by atoms with Crippen molar-refractivity contribution in [3.63, 3.8) is 0 Å². The Kier molecular flexibility index (Phi) is 6.32. The maximum Gasteiger partial charge on any atom is 0.231 e. The summed E-state index contributed by atoms with van der Waals surface area (Å²) >= 11 is 0. The lowest BCUT2D eigenvalue weighted by atomic mass is 9.92. The Morgan fingerprint density at radius 3 is 2.59 bits per heavy atom. The number of nitrogens with one attached hydrogen (secondary N) is 1. The van der Waals surface area contributed by atoms with E-state index in [1.54, 1.807) is 25.7 Å². The van der Waals surface area contributed by atoms with Gasteiger partial charge in [-0.25, -0.2) is 4.98 Å². The highest BCUT2D eigenvalue weighted by Gasteiger charge is 2.19. The van der Waals surface area contributed by atoms with E-state index in [0.29, 0.717) is 5.88 Å². The van der Waals surface area contributed by atoms with E-state index in [4.69, 9.17) is 10.3 Å². The maximum absolute atomic E-state index is 12.5. The van der Waals surface area contributed by atoms with E-state index in [0.717, 1.165) is 39.1 Å². The predicted molar refractivity (Wildman–Crippen MR) is 135 cm³/mol. The average molecular weight is 457 g/mol. The van der Waals surface area contributed by atoms with Crippen molar-refractivity contribution in [3.8, 4) is 5.69 Å². The van der Waals surface area contributed by atoms with Crippen LogP contribution in [-0.4, -0.2) is 33.9 Å². The van der Waals surface area contributed by atoms with E-state index >= 15 is 0 Å². The normalized spacial score (nSPS) is 12.5. The van der Waals surface area contributed by atoms with E-state index < -0.39 is 0 Å². The van der Waals surface area contributed by atoms with Crippen LogP contribution in [0.5, 0.6) is 0 Å². The van der Waals surface area contributed by atoms with Crippen molar-refractivity contribution < 1.29 is 9.32 Å². The van der Waals surface area contributed by atoms with E-state index in [2.05, 4.69) is 20.4 Å². The zero-order chi connectivity index (χ0) is 24.3. The largest absolute Gasteiger partial charge is 0.404 e. The van der Waals surface area contributed by atoms with Crippen molar-refractivity contribution in [2.75, 3.05) is 12.4 Å². The highest BCUT2D eigenvalue weighted by molar-refractivity contribution is 6.10. The minimum absolute atomic E-state index is 0.144. The first-order chi connectivity index (χ1) is 16.3. The van der Waals surface area contributed by atoms with Crippen molar-refractivity contribution in [1.29, 1.82) is 0 Å². The second kappa shape index (κ2) is 9.35. The molecule has 0 bridgehead atoms. The Morgan fingerprint density at radius 2 is 1.94 bits per heavy atom. The van der Waals surface area contributed by atoms with Gasteiger partial charge in [-0.3, -0.25) is 19.7 Å². The van der Waals surface area contributed by atoms with Gasteiger partial charge in [0.1, 0.15) is 6.33 Å². The van der Waals surface area contributed by atoms with Gasteiger partial charge in [0, 0.05) is 42.2 Å². The molecular formula is C26H28N6O2. The van der Waals surface area contributed by atoms with Crippen LogP contribution >= 0.6 is 0 Å². The number of carbonyl (C=O) groups is 1. The Hall–Kier alpha value is -4.20. The number of rotatable bonds is 6. The molecule has 0 atom stereocenters. The number of allylic oxidation sites excluding steroid dienone is 1. The van der Waals surface area contributed by atoms with Crippen LogP contribution in [0.15, 0.2) is 70.6 Å². The Bertz CT molecular complexity index is 1370. The van der Waals surface area contributed by atoms with E-state index in [-0.39, 0.29) is 17.7 Å². The van der Waals surface area contributed by atoms with Crippen LogP contribution in [0, 0.1) is 0 Å². The third kappa shape index (κ3) is 4.91. The highest BCUT2D eigenvalue weighted by Crippen LogP contribution is 2.24. The van der Waals surface area contributed by atoms with Gasteiger partial charge in [-0.2, -0.15) is 0 Å². The predicted octanol–water partition coefficient (Wildman–Crippen LogP) is 4.49. The van der Waals surface area contributed by atoms with Crippen molar-refractivity contribution in [3.05, 3.63) is 77.9 Å². The first-order valence-electron chi connectivity index (χ1n) is 11.0. The van der Waals surface area contributed by atoms with Gasteiger partial charge in [0.25, 0.3) is 0 Å². The first-order valence-corrected chi connectivity index (χ1v) is 11.0. The summed E-state index contributed by atoms with van der Waals surface area (Å²) in [5.74, 6) is 0.193. The summed E-state index contributed by atoms with van der Waals surface area (Å²) in [6, 6.07) is 15.6. The number of fused-ring (bicyclic) bond motifs is 1. The van der Waals surface area contributed by atoms with Gasteiger partial charge in [-0.05, 0) is 35.4 Å². The second-order valence-electron chi connectivity index (χ2n) is 9.05. The summed E-state index contributed by atoms with van der Waals surface area (Å²) in [4.78, 5) is 21.0. The summed E-state index contributed by atoms with van der Waals surface area (Å²) in [6.45, 7) is 6.11. The Balaban J connectivity index is 1.47. The number of hydrogen-bond donors (Lipinski definition) is 2. The molecule has 0 fully saturated rings. The third-order valence-electron chi connectivity index (χ3n) is 5.45. The van der Waals surface area contributed by atoms with Crippen LogP contribution in [-0.2, 0) is 16.6 Å². The number of imidazole rings is 1. The molecule has 0 saturated heterocycles. The van der Waals surface area contributed by atoms with Crippen LogP contribution in [0.3, 0.4) is 0 Å². The molecule has 174 valence electrons. The number of nitrogens with zero attached hydrogens (tertiary/aromatic N) is 4. The second-order valence-corrected chi connectivity index (χ2v) is 9.05. The number of nitrogens with two attached hydrogens (primary N) is 1. The molecule has 0 saturated carbocycles. The number of amides is 1. The van der Waals surface area contributed by atoms with Crippen LogP contribution in [0.1, 0.15) is 37.6 Å². The topological polar surface area (TPSA) is 111 Å². The Morgan fingerprint density at radius 1 is 1.18 bits per heavy atom. The molecule has 1 amide bonds. The van der Waals surface area contributed by atoms with Crippen LogP contribution in [0.25, 0.3) is 22.3 Å². The molecule has 3 N–H and O–H groups in total. The lowest BCUT2D eigenvalue weighted by molar-refractivity contribution is -0.115. The highest BCUT2D eigenvalue weighted by atomic mass is 16.5. The zero-order valence-corrected chi connectivity index (χ0v) is 19.7. The minimum atomic E-state index is -0.163. The van der Waals surface area contributed by atoms with E-state index in [1.807, 2.05) is 67.8 Å². The lowest BCUT2D eigenvalue weighted by Gasteiger charge is -2.12. The fourth-order valence-electron chi connectivity index (χ4n) is 3.58. The molecule has 34 heavy (non-hydrogen) atoms. The van der Waals surface area contributed by atoms with Crippen molar-refractivity contribution >= 4 is 34.6 Å². The summed E-state index contributed by atoms with van der Waals surface area (Å²) in [5, 5.41) is 6.80. The number of anilines is 1. The molecule has 0 aliphatic carbocycles. The molecular weight excluding hydrogens is 428 g/mol. The zero-order valence-electron chi connectivity index (χ0n) is 19.7. The van der Waals surface area contributed by atoms with Crippen LogP contribution in [0.4, 0.5) is 5.88 Å². The molecule has 0 aliphatic heterocycles. The summed E-state index contributed by atoms with van der Waals surface area (Å²) in [5.41, 5.74) is 11.8. The van der Waals surface area contributed by atoms with Gasteiger partial charge in [-0.1, -0.05) is 44.1 Å². The number of carbonyl (C=O) groups excluding carboxylic acids is 1. The number of aromatic nitrogens is 3. The van der Waals surface area contributed by atoms with Gasteiger partial charge >= 0.3 is 0 Å². The first kappa shape index (κ1) is 23.0. The van der Waals surface area contributed by atoms with E-state index in [1.165, 1.54) is 6.20 Å². The summed E-state index contributed by atoms with van der Waals surface area (Å²) < 4.78 is 7.25. The molecule has 0 unspecified atom stereocenters. The average Bonchev–Trinajstić information content (AvgIpc) is 3.44. The van der Waals surface area contributed by atoms with Gasteiger partial charge in [0.05, 0.1) is 23.1 Å². The maximum atomic E-state index is 12.5. The lowest BCUT2D eigenvalue weighted by Crippen LogP contribution is -2.14. The monoisotopic (exact) mass is 456 g/mol. The van der Waals surface area contributed by atoms with Gasteiger partial charge < -0.3 is 10.3 Å². The SMILES string of the molecule is CN=CC(=CN)c1ccc2c(c1)ncn2-c1ccc(CC(=O)Nc2cc(C(C)(C)C)no2)cc1. The molecule has 0 aliphatic rings. The van der Waals surface area contributed by atoms with Gasteiger partial charge in [-0.15, -0.1) is 0 Å². The summed E-state index contributed by atoms with van der Waals surface area (Å²) in [7, 11) is 1.71. The standard InChI is InChI=1S/C26H28N6O2/c1-26(2,3)23-13-25(34-31-23)30-24(33)11-17-5-8-20(9-6-17)32-16-29-21-12-18(7-10-22(21)32)19(14-27)15-28-4/h5-10,12-16H,11,27H2,1-4H3,(H,30,33). The minimum Gasteiger partial charge on any atom is -0.404 e. The number of benzene rings is 2. The fourth-order valence-corrected chi connectivity index (χ4v) is 3.58. The van der Waals surface area contributed by atoms with Gasteiger partial charge in [0.15, 0.2) is 0 Å². The molecule has 8 nitrogen and oxygen atoms in total. The van der Waals surface area contributed by atoms with Crippen molar-refractivity contribution in [2.24, 2.45) is 10.7 Å². The quantitative estimate of drug-likeness (QED) is 0.415. The molecule has 2 aromatic carbocycles. The fraction of sp³-hybridized carbons (Fsp3) is 0.231. The van der Waals surface area contributed by atoms with E-state index in [9.17, 15) is 4.79 Å². The van der Waals surface area contributed by atoms with Crippen molar-refractivity contribution in [2.45, 2.75) is 32.6 Å². The Labute approximate surface area is 198 Å². The van der Waals surface area contributed by atoms with Crippen molar-refractivity contribution in [1.82, 2.24) is 14.7 Å². The van der Waals surface area contributed by atoms with Crippen LogP contribution in [0.2, 0.25) is 0 Å². The third-order valence-corrected chi connectivity index (χ3v) is 5.45. The molecule has 0 radical (unpaired) electrons. The molecule has 4 aromatic rings. The molecule has 4 rings (SSSR count). The summed E-state index contributed by atoms with van der Waals surface area (Å²) in [6.07, 6.45) is 5.27. The molecule has 2 heterocycles. The molecule has 2 aromatic heterocycles.